The summed E-state index contributed by atoms with van der Waals surface area (Å²) in [5.74, 6) is 0.896. The minimum atomic E-state index is 0.364. The molecule has 0 bridgehead atoms. The number of hydrogen-bond donors (Lipinski definition) is 1. The van der Waals surface area contributed by atoms with Crippen molar-refractivity contribution in [1.82, 2.24) is 10.3 Å². The molecule has 1 unspecified atom stereocenters. The Morgan fingerprint density at radius 1 is 1.33 bits per heavy atom. The van der Waals surface area contributed by atoms with Crippen molar-refractivity contribution in [2.45, 2.75) is 26.5 Å². The molecular formula is C14H18N2OS. The van der Waals surface area contributed by atoms with Gasteiger partial charge in [-0.05, 0) is 38.6 Å². The van der Waals surface area contributed by atoms with Gasteiger partial charge in [0.2, 0.25) is 0 Å². The van der Waals surface area contributed by atoms with Gasteiger partial charge in [0.05, 0.1) is 9.88 Å². The molecule has 18 heavy (non-hydrogen) atoms. The molecule has 1 heterocycles. The number of thiazole rings is 1. The molecule has 0 saturated heterocycles. The van der Waals surface area contributed by atoms with Gasteiger partial charge in [0.15, 0.2) is 0 Å². The summed E-state index contributed by atoms with van der Waals surface area (Å²) in [6.07, 6.45) is 1.87. The van der Waals surface area contributed by atoms with Gasteiger partial charge in [-0.2, -0.15) is 0 Å². The van der Waals surface area contributed by atoms with E-state index in [-0.39, 0.29) is 0 Å². The molecule has 2 aromatic rings. The molecule has 1 aromatic carbocycles. The van der Waals surface area contributed by atoms with E-state index in [0.29, 0.717) is 12.6 Å². The van der Waals surface area contributed by atoms with Crippen molar-refractivity contribution in [3.63, 3.8) is 0 Å². The van der Waals surface area contributed by atoms with Crippen LogP contribution in [-0.2, 0) is 6.61 Å². The molecule has 0 aliphatic rings. The predicted molar refractivity (Wildman–Crippen MR) is 75.1 cm³/mol. The van der Waals surface area contributed by atoms with E-state index >= 15 is 0 Å². The lowest BCUT2D eigenvalue weighted by Gasteiger charge is -2.11. The topological polar surface area (TPSA) is 34.1 Å². The molecular weight excluding hydrogens is 244 g/mol. The first-order valence-corrected chi connectivity index (χ1v) is 6.82. The van der Waals surface area contributed by atoms with E-state index in [4.69, 9.17) is 4.74 Å². The Balaban J connectivity index is 1.94. The molecule has 96 valence electrons. The first kappa shape index (κ1) is 13.1. The number of aromatic nitrogens is 1. The Labute approximate surface area is 112 Å². The maximum atomic E-state index is 5.72. The number of nitrogens with one attached hydrogen (secondary N) is 1. The number of hydrogen-bond acceptors (Lipinski definition) is 4. The van der Waals surface area contributed by atoms with Crippen LogP contribution in [0.2, 0.25) is 0 Å². The maximum absolute atomic E-state index is 5.72. The van der Waals surface area contributed by atoms with Crippen LogP contribution in [0.3, 0.4) is 0 Å². The van der Waals surface area contributed by atoms with Gasteiger partial charge in [-0.3, -0.25) is 0 Å². The maximum Gasteiger partial charge on any atom is 0.124 e. The zero-order chi connectivity index (χ0) is 13.0. The van der Waals surface area contributed by atoms with Crippen molar-refractivity contribution in [2.75, 3.05) is 7.05 Å². The van der Waals surface area contributed by atoms with Crippen molar-refractivity contribution < 1.29 is 4.74 Å². The van der Waals surface area contributed by atoms with Crippen molar-refractivity contribution >= 4 is 11.3 Å². The van der Waals surface area contributed by atoms with Gasteiger partial charge < -0.3 is 10.1 Å². The molecule has 1 N–H and O–H groups in total. The van der Waals surface area contributed by atoms with Crippen molar-refractivity contribution in [2.24, 2.45) is 0 Å². The van der Waals surface area contributed by atoms with Crippen molar-refractivity contribution in [3.05, 3.63) is 45.9 Å². The number of nitrogens with zero attached hydrogens (tertiary/aromatic N) is 1. The second kappa shape index (κ2) is 5.98. The van der Waals surface area contributed by atoms with Gasteiger partial charge in [-0.1, -0.05) is 12.1 Å². The first-order valence-electron chi connectivity index (χ1n) is 6.00. The Morgan fingerprint density at radius 2 is 2.06 bits per heavy atom. The van der Waals surface area contributed by atoms with Gasteiger partial charge in [0, 0.05) is 12.2 Å². The smallest absolute Gasteiger partial charge is 0.124 e. The van der Waals surface area contributed by atoms with Crippen LogP contribution < -0.4 is 10.1 Å². The summed E-state index contributed by atoms with van der Waals surface area (Å²) >= 11 is 1.67. The van der Waals surface area contributed by atoms with Crippen LogP contribution in [0.5, 0.6) is 5.75 Å². The monoisotopic (exact) mass is 262 g/mol. The summed E-state index contributed by atoms with van der Waals surface area (Å²) < 4.78 is 5.72. The molecule has 0 aliphatic heterocycles. The standard InChI is InChI=1S/C14H18N2OS/c1-10(15-3)12-4-6-13(7-5-12)17-9-14-8-16-11(2)18-14/h4-8,10,15H,9H2,1-3H3. The molecule has 4 heteroatoms. The molecule has 0 radical (unpaired) electrons. The van der Waals surface area contributed by atoms with Crippen LogP contribution >= 0.6 is 11.3 Å². The number of benzene rings is 1. The van der Waals surface area contributed by atoms with E-state index in [2.05, 4.69) is 29.4 Å². The summed E-state index contributed by atoms with van der Waals surface area (Å²) in [5, 5.41) is 4.29. The van der Waals surface area contributed by atoms with Gasteiger partial charge in [0.1, 0.15) is 12.4 Å². The quantitative estimate of drug-likeness (QED) is 0.897. The second-order valence-corrected chi connectivity index (χ2v) is 5.53. The lowest BCUT2D eigenvalue weighted by molar-refractivity contribution is 0.309. The second-order valence-electron chi connectivity index (χ2n) is 4.21. The highest BCUT2D eigenvalue weighted by atomic mass is 32.1. The zero-order valence-corrected chi connectivity index (χ0v) is 11.8. The van der Waals surface area contributed by atoms with E-state index in [1.165, 1.54) is 5.56 Å². The highest BCUT2D eigenvalue weighted by Crippen LogP contribution is 2.19. The van der Waals surface area contributed by atoms with Crippen LogP contribution in [0.25, 0.3) is 0 Å². The summed E-state index contributed by atoms with van der Waals surface area (Å²) in [5.41, 5.74) is 1.26. The average Bonchev–Trinajstić information content (AvgIpc) is 2.82. The highest BCUT2D eigenvalue weighted by molar-refractivity contribution is 7.11. The first-order chi connectivity index (χ1) is 8.69. The summed E-state index contributed by atoms with van der Waals surface area (Å²) in [4.78, 5) is 5.36. The molecule has 2 rings (SSSR count). The van der Waals surface area contributed by atoms with Crippen LogP contribution in [0.4, 0.5) is 0 Å². The average molecular weight is 262 g/mol. The Hall–Kier alpha value is -1.39. The lowest BCUT2D eigenvalue weighted by atomic mass is 10.1. The van der Waals surface area contributed by atoms with Crippen molar-refractivity contribution in [1.29, 1.82) is 0 Å². The largest absolute Gasteiger partial charge is 0.488 e. The normalized spacial score (nSPS) is 12.4. The van der Waals surface area contributed by atoms with Gasteiger partial charge >= 0.3 is 0 Å². The SMILES string of the molecule is CNC(C)c1ccc(OCc2cnc(C)s2)cc1. The molecule has 0 aliphatic carbocycles. The Kier molecular flexibility index (Phi) is 4.33. The van der Waals surface area contributed by atoms with Crippen LogP contribution in [-0.4, -0.2) is 12.0 Å². The predicted octanol–water partition coefficient (Wildman–Crippen LogP) is 3.31. The number of rotatable bonds is 5. The molecule has 1 atom stereocenters. The number of ether oxygens (including phenoxy) is 1. The summed E-state index contributed by atoms with van der Waals surface area (Å²) in [6, 6.07) is 8.57. The lowest BCUT2D eigenvalue weighted by Crippen LogP contribution is -2.11. The Bertz CT molecular complexity index is 493. The van der Waals surface area contributed by atoms with Crippen molar-refractivity contribution in [3.8, 4) is 5.75 Å². The van der Waals surface area contributed by atoms with Crippen LogP contribution in [0, 0.1) is 6.92 Å². The van der Waals surface area contributed by atoms with Gasteiger partial charge in [-0.15, -0.1) is 11.3 Å². The molecule has 0 amide bonds. The molecule has 0 saturated carbocycles. The third kappa shape index (κ3) is 3.31. The fraction of sp³-hybridized carbons (Fsp3) is 0.357. The van der Waals surface area contributed by atoms with E-state index < -0.39 is 0 Å². The fourth-order valence-corrected chi connectivity index (χ4v) is 2.35. The molecule has 1 aromatic heterocycles. The fourth-order valence-electron chi connectivity index (χ4n) is 1.65. The van der Waals surface area contributed by atoms with E-state index in [0.717, 1.165) is 15.6 Å². The molecule has 0 fully saturated rings. The highest BCUT2D eigenvalue weighted by Gasteiger charge is 2.03. The van der Waals surface area contributed by atoms with Gasteiger partial charge in [0.25, 0.3) is 0 Å². The zero-order valence-electron chi connectivity index (χ0n) is 10.9. The third-order valence-corrected chi connectivity index (χ3v) is 3.75. The molecule has 3 nitrogen and oxygen atoms in total. The summed E-state index contributed by atoms with van der Waals surface area (Å²) in [7, 11) is 1.96. The number of aryl methyl sites for hydroxylation is 1. The summed E-state index contributed by atoms with van der Waals surface area (Å²) in [6.45, 7) is 4.73. The minimum absolute atomic E-state index is 0.364. The molecule has 0 spiro atoms. The minimum Gasteiger partial charge on any atom is -0.488 e. The Morgan fingerprint density at radius 3 is 2.61 bits per heavy atom. The van der Waals surface area contributed by atoms with E-state index in [1.807, 2.05) is 32.3 Å². The van der Waals surface area contributed by atoms with Crippen LogP contribution in [0.15, 0.2) is 30.5 Å². The van der Waals surface area contributed by atoms with E-state index in [9.17, 15) is 0 Å². The van der Waals surface area contributed by atoms with Crippen LogP contribution in [0.1, 0.15) is 28.4 Å². The van der Waals surface area contributed by atoms with Gasteiger partial charge in [-0.25, -0.2) is 4.98 Å². The third-order valence-electron chi connectivity index (χ3n) is 2.86. The van der Waals surface area contributed by atoms with E-state index in [1.54, 1.807) is 11.3 Å².